The molecule has 2 heterocycles. The summed E-state index contributed by atoms with van der Waals surface area (Å²) in [4.78, 5) is 29.6. The van der Waals surface area contributed by atoms with Crippen molar-refractivity contribution in [3.63, 3.8) is 0 Å². The van der Waals surface area contributed by atoms with Gasteiger partial charge in [0.1, 0.15) is 11.3 Å². The van der Waals surface area contributed by atoms with Crippen LogP contribution in [0, 0.1) is 0 Å². The van der Waals surface area contributed by atoms with Crippen LogP contribution in [0.1, 0.15) is 32.4 Å². The predicted molar refractivity (Wildman–Crippen MR) is 95.3 cm³/mol. The Morgan fingerprint density at radius 2 is 2.12 bits per heavy atom. The summed E-state index contributed by atoms with van der Waals surface area (Å²) in [6, 6.07) is 3.48. The van der Waals surface area contributed by atoms with Gasteiger partial charge in [0.05, 0.1) is 6.26 Å². The minimum Gasteiger partial charge on any atom is -0.469 e. The summed E-state index contributed by atoms with van der Waals surface area (Å²) in [5.74, 6) is 1.45. The highest BCUT2D eigenvalue weighted by Crippen LogP contribution is 2.20. The van der Waals surface area contributed by atoms with Gasteiger partial charge in [-0.05, 0) is 31.9 Å². The third kappa shape index (κ3) is 4.74. The Labute approximate surface area is 148 Å². The van der Waals surface area contributed by atoms with E-state index in [1.54, 1.807) is 20.2 Å². The van der Waals surface area contributed by atoms with E-state index in [4.69, 9.17) is 4.42 Å². The molecule has 1 atom stereocenters. The van der Waals surface area contributed by atoms with Gasteiger partial charge in [0.2, 0.25) is 0 Å². The van der Waals surface area contributed by atoms with Crippen LogP contribution < -0.4 is 16.0 Å². The Balaban J connectivity index is 1.67. The first-order chi connectivity index (χ1) is 12.0. The highest BCUT2D eigenvalue weighted by atomic mass is 16.3. The Morgan fingerprint density at radius 1 is 1.36 bits per heavy atom. The van der Waals surface area contributed by atoms with E-state index in [9.17, 15) is 9.59 Å². The van der Waals surface area contributed by atoms with Crippen molar-refractivity contribution in [1.29, 1.82) is 0 Å². The molecule has 0 aromatic carbocycles. The van der Waals surface area contributed by atoms with Crippen LogP contribution in [0.2, 0.25) is 0 Å². The van der Waals surface area contributed by atoms with Crippen LogP contribution in [0.4, 0.5) is 4.79 Å². The van der Waals surface area contributed by atoms with Gasteiger partial charge in [-0.1, -0.05) is 6.92 Å². The van der Waals surface area contributed by atoms with Crippen LogP contribution in [0.5, 0.6) is 0 Å². The number of guanidine groups is 1. The molecule has 138 valence electrons. The zero-order valence-corrected chi connectivity index (χ0v) is 15.1. The van der Waals surface area contributed by atoms with Crippen LogP contribution in [-0.4, -0.2) is 55.0 Å². The topological polar surface area (TPSA) is 99.0 Å². The molecule has 1 aliphatic rings. The standard InChI is InChI=1S/C17H27N5O3/c1-4-17(2)14(23)22(16(24)21-17)11-6-9-19-15(18-3)20-10-8-13-7-5-12-25-13/h5,7,12H,4,6,8-11H2,1-3H3,(H,21,24)(H2,18,19,20). The molecule has 1 unspecified atom stereocenters. The maximum absolute atomic E-state index is 12.3. The van der Waals surface area contributed by atoms with E-state index in [1.165, 1.54) is 4.90 Å². The van der Waals surface area contributed by atoms with Gasteiger partial charge in [-0.15, -0.1) is 0 Å². The number of rotatable bonds is 8. The van der Waals surface area contributed by atoms with Gasteiger partial charge in [-0.25, -0.2) is 4.79 Å². The maximum atomic E-state index is 12.3. The first-order valence-corrected chi connectivity index (χ1v) is 8.61. The van der Waals surface area contributed by atoms with Gasteiger partial charge in [0.15, 0.2) is 5.96 Å². The molecule has 3 N–H and O–H groups in total. The summed E-state index contributed by atoms with van der Waals surface area (Å²) >= 11 is 0. The number of imide groups is 1. The van der Waals surface area contributed by atoms with E-state index < -0.39 is 5.54 Å². The van der Waals surface area contributed by atoms with Crippen molar-refractivity contribution in [2.24, 2.45) is 4.99 Å². The molecule has 1 saturated heterocycles. The third-order valence-corrected chi connectivity index (χ3v) is 4.37. The fraction of sp³-hybridized carbons (Fsp3) is 0.588. The molecular formula is C17H27N5O3. The fourth-order valence-corrected chi connectivity index (χ4v) is 2.61. The minimum absolute atomic E-state index is 0.152. The molecule has 3 amide bonds. The van der Waals surface area contributed by atoms with Gasteiger partial charge in [-0.2, -0.15) is 0 Å². The highest BCUT2D eigenvalue weighted by Gasteiger charge is 2.45. The SMILES string of the molecule is CCC1(C)NC(=O)N(CCCNC(=NC)NCCc2ccco2)C1=O. The molecule has 0 aliphatic carbocycles. The third-order valence-electron chi connectivity index (χ3n) is 4.37. The normalized spacial score (nSPS) is 20.8. The number of hydrogen-bond donors (Lipinski definition) is 3. The maximum Gasteiger partial charge on any atom is 0.325 e. The largest absolute Gasteiger partial charge is 0.469 e. The van der Waals surface area contributed by atoms with Crippen LogP contribution in [0.15, 0.2) is 27.8 Å². The second kappa shape index (κ2) is 8.55. The van der Waals surface area contributed by atoms with E-state index in [-0.39, 0.29) is 11.9 Å². The molecule has 1 fully saturated rings. The lowest BCUT2D eigenvalue weighted by atomic mass is 9.99. The smallest absolute Gasteiger partial charge is 0.325 e. The number of carbonyl (C=O) groups is 2. The van der Waals surface area contributed by atoms with Crippen molar-refractivity contribution in [2.45, 2.75) is 38.6 Å². The monoisotopic (exact) mass is 349 g/mol. The summed E-state index contributed by atoms with van der Waals surface area (Å²) in [6.45, 7) is 5.35. The Kier molecular flexibility index (Phi) is 6.44. The lowest BCUT2D eigenvalue weighted by molar-refractivity contribution is -0.130. The summed E-state index contributed by atoms with van der Waals surface area (Å²) in [6.07, 6.45) is 3.66. The van der Waals surface area contributed by atoms with Gasteiger partial charge >= 0.3 is 6.03 Å². The highest BCUT2D eigenvalue weighted by molar-refractivity contribution is 6.06. The van der Waals surface area contributed by atoms with Crippen LogP contribution in [0.25, 0.3) is 0 Å². The number of amides is 3. The van der Waals surface area contributed by atoms with Crippen molar-refractivity contribution < 1.29 is 14.0 Å². The number of urea groups is 1. The van der Waals surface area contributed by atoms with Gasteiger partial charge in [0, 0.05) is 33.1 Å². The number of carbonyl (C=O) groups excluding carboxylic acids is 2. The van der Waals surface area contributed by atoms with Gasteiger partial charge in [0.25, 0.3) is 5.91 Å². The van der Waals surface area contributed by atoms with Crippen LogP contribution in [0.3, 0.4) is 0 Å². The summed E-state index contributed by atoms with van der Waals surface area (Å²) < 4.78 is 5.28. The molecule has 0 radical (unpaired) electrons. The lowest BCUT2D eigenvalue weighted by Gasteiger charge is -2.19. The minimum atomic E-state index is -0.770. The molecule has 0 spiro atoms. The lowest BCUT2D eigenvalue weighted by Crippen LogP contribution is -2.43. The van der Waals surface area contributed by atoms with E-state index in [1.807, 2.05) is 19.1 Å². The van der Waals surface area contributed by atoms with Crippen LogP contribution >= 0.6 is 0 Å². The Bertz CT molecular complexity index is 614. The Hall–Kier alpha value is -2.51. The molecule has 1 aromatic rings. The zero-order valence-electron chi connectivity index (χ0n) is 15.1. The summed E-state index contributed by atoms with van der Waals surface area (Å²) in [7, 11) is 1.70. The summed E-state index contributed by atoms with van der Waals surface area (Å²) in [5.41, 5.74) is -0.770. The van der Waals surface area contributed by atoms with Gasteiger partial charge in [-0.3, -0.25) is 14.7 Å². The fourth-order valence-electron chi connectivity index (χ4n) is 2.61. The average molecular weight is 349 g/mol. The first kappa shape index (κ1) is 18.8. The van der Waals surface area contributed by atoms with Crippen molar-refractivity contribution in [2.75, 3.05) is 26.7 Å². The predicted octanol–water partition coefficient (Wildman–Crippen LogP) is 1.10. The van der Waals surface area contributed by atoms with Crippen molar-refractivity contribution in [1.82, 2.24) is 20.9 Å². The number of furan rings is 1. The molecule has 0 bridgehead atoms. The van der Waals surface area contributed by atoms with Crippen molar-refractivity contribution >= 4 is 17.9 Å². The average Bonchev–Trinajstić information content (AvgIpc) is 3.19. The quantitative estimate of drug-likeness (QED) is 0.282. The van der Waals surface area contributed by atoms with E-state index in [0.29, 0.717) is 38.4 Å². The zero-order chi connectivity index (χ0) is 18.3. The van der Waals surface area contributed by atoms with Crippen LogP contribution in [-0.2, 0) is 11.2 Å². The second-order valence-electron chi connectivity index (χ2n) is 6.18. The number of nitrogens with one attached hydrogen (secondary N) is 3. The Morgan fingerprint density at radius 3 is 2.72 bits per heavy atom. The van der Waals surface area contributed by atoms with Gasteiger partial charge < -0.3 is 20.4 Å². The second-order valence-corrected chi connectivity index (χ2v) is 6.18. The number of hydrogen-bond acceptors (Lipinski definition) is 4. The van der Waals surface area contributed by atoms with Crippen molar-refractivity contribution in [3.05, 3.63) is 24.2 Å². The van der Waals surface area contributed by atoms with E-state index >= 15 is 0 Å². The van der Waals surface area contributed by atoms with E-state index in [0.717, 1.165) is 12.2 Å². The molecule has 1 aliphatic heterocycles. The molecular weight excluding hydrogens is 322 g/mol. The molecule has 8 nitrogen and oxygen atoms in total. The van der Waals surface area contributed by atoms with Crippen molar-refractivity contribution in [3.8, 4) is 0 Å². The molecule has 0 saturated carbocycles. The molecule has 8 heteroatoms. The van der Waals surface area contributed by atoms with E-state index in [2.05, 4.69) is 20.9 Å². The molecule has 2 rings (SSSR count). The molecule has 25 heavy (non-hydrogen) atoms. The summed E-state index contributed by atoms with van der Waals surface area (Å²) in [5, 5.41) is 9.13. The first-order valence-electron chi connectivity index (χ1n) is 8.61. The number of nitrogens with zero attached hydrogens (tertiary/aromatic N) is 2. The number of aliphatic imine (C=N–C) groups is 1. The molecule has 1 aromatic heterocycles.